The average Bonchev–Trinajstić information content (AvgIpc) is 3.11. The minimum Gasteiger partial charge on any atom is -0.444 e. The van der Waals surface area contributed by atoms with Crippen LogP contribution in [-0.4, -0.2) is 74.6 Å². The summed E-state index contributed by atoms with van der Waals surface area (Å²) in [6.07, 6.45) is 2.13. The molecular formula is C20H33N5O6S. The van der Waals surface area contributed by atoms with E-state index in [0.717, 1.165) is 0 Å². The lowest BCUT2D eigenvalue weighted by atomic mass is 9.97. The van der Waals surface area contributed by atoms with Gasteiger partial charge in [-0.25, -0.2) is 17.9 Å². The fraction of sp³-hybridized carbons (Fsp3) is 0.650. The molecule has 180 valence electrons. The first-order chi connectivity index (χ1) is 14.8. The van der Waals surface area contributed by atoms with Gasteiger partial charge in [0.1, 0.15) is 16.2 Å². The third-order valence-electron chi connectivity index (χ3n) is 4.95. The van der Waals surface area contributed by atoms with Gasteiger partial charge in [-0.05, 0) is 46.7 Å². The number of aromatic nitrogens is 1. The molecule has 3 amide bonds. The molecule has 1 aromatic rings. The number of aryl methyl sites for hydroxylation is 1. The van der Waals surface area contributed by atoms with Crippen molar-refractivity contribution in [2.24, 2.45) is 13.0 Å². The Labute approximate surface area is 188 Å². The van der Waals surface area contributed by atoms with E-state index in [1.54, 1.807) is 32.7 Å². The second-order valence-corrected chi connectivity index (χ2v) is 10.6. The van der Waals surface area contributed by atoms with Crippen molar-refractivity contribution in [3.63, 3.8) is 0 Å². The summed E-state index contributed by atoms with van der Waals surface area (Å²) in [5, 5.41) is 5.35. The maximum absolute atomic E-state index is 13.0. The number of carbonyl (C=O) groups excluding carboxylic acids is 3. The van der Waals surface area contributed by atoms with Gasteiger partial charge in [0.15, 0.2) is 0 Å². The molecule has 3 N–H and O–H groups in total. The second kappa shape index (κ2) is 10.3. The van der Waals surface area contributed by atoms with Gasteiger partial charge in [-0.3, -0.25) is 9.59 Å². The second-order valence-electron chi connectivity index (χ2n) is 8.69. The van der Waals surface area contributed by atoms with Crippen molar-refractivity contribution in [2.45, 2.75) is 44.1 Å². The number of nitrogens with zero attached hydrogens (tertiary/aromatic N) is 2. The van der Waals surface area contributed by atoms with Gasteiger partial charge in [-0.2, -0.15) is 0 Å². The van der Waals surface area contributed by atoms with E-state index in [1.807, 2.05) is 0 Å². The number of hydrogen-bond donors (Lipinski definition) is 3. The van der Waals surface area contributed by atoms with Gasteiger partial charge >= 0.3 is 6.09 Å². The molecule has 1 unspecified atom stereocenters. The van der Waals surface area contributed by atoms with E-state index >= 15 is 0 Å². The van der Waals surface area contributed by atoms with Gasteiger partial charge in [0.25, 0.3) is 5.91 Å². The molecule has 0 aromatic carbocycles. The van der Waals surface area contributed by atoms with Crippen molar-refractivity contribution >= 4 is 27.9 Å². The first-order valence-electron chi connectivity index (χ1n) is 10.5. The molecule has 0 saturated carbocycles. The predicted octanol–water partition coefficient (Wildman–Crippen LogP) is 0.426. The topological polar surface area (TPSA) is 139 Å². The fourth-order valence-electron chi connectivity index (χ4n) is 3.36. The van der Waals surface area contributed by atoms with Gasteiger partial charge in [0, 0.05) is 39.4 Å². The summed E-state index contributed by atoms with van der Waals surface area (Å²) >= 11 is 0. The minimum atomic E-state index is -3.66. The van der Waals surface area contributed by atoms with Crippen LogP contribution >= 0.6 is 0 Å². The highest BCUT2D eigenvalue weighted by Gasteiger charge is 2.30. The lowest BCUT2D eigenvalue weighted by Crippen LogP contribution is -2.47. The number of alkyl carbamates (subject to hydrolysis) is 1. The number of piperidine rings is 1. The van der Waals surface area contributed by atoms with Crippen molar-refractivity contribution in [2.75, 3.05) is 33.2 Å². The maximum atomic E-state index is 13.0. The van der Waals surface area contributed by atoms with Crippen molar-refractivity contribution in [3.05, 3.63) is 18.0 Å². The lowest BCUT2D eigenvalue weighted by Gasteiger charge is -2.32. The zero-order chi connectivity index (χ0) is 24.1. The first-order valence-corrected chi connectivity index (χ1v) is 12.0. The van der Waals surface area contributed by atoms with E-state index in [9.17, 15) is 22.8 Å². The minimum absolute atomic E-state index is 0.00893. The molecule has 1 atom stereocenters. The Bertz CT molecular complexity index is 950. The third-order valence-corrected chi connectivity index (χ3v) is 6.33. The summed E-state index contributed by atoms with van der Waals surface area (Å²) in [6, 6.07) is 1.33. The van der Waals surface area contributed by atoms with Gasteiger partial charge in [0.2, 0.25) is 15.9 Å². The van der Waals surface area contributed by atoms with Crippen LogP contribution in [0.4, 0.5) is 4.79 Å². The molecule has 12 heteroatoms. The number of sulfonamides is 1. The highest BCUT2D eigenvalue weighted by atomic mass is 32.2. The van der Waals surface area contributed by atoms with Gasteiger partial charge in [-0.1, -0.05) is 0 Å². The van der Waals surface area contributed by atoms with E-state index in [2.05, 4.69) is 15.4 Å². The Hall–Kier alpha value is -2.60. The average molecular weight is 472 g/mol. The molecule has 11 nitrogen and oxygen atoms in total. The first kappa shape index (κ1) is 25.7. The van der Waals surface area contributed by atoms with Gasteiger partial charge < -0.3 is 24.8 Å². The molecule has 0 spiro atoms. The van der Waals surface area contributed by atoms with E-state index < -0.39 is 21.7 Å². The molecule has 0 radical (unpaired) electrons. The summed E-state index contributed by atoms with van der Waals surface area (Å²) in [5.74, 6) is -0.900. The number of amides is 3. The fourth-order valence-corrected chi connectivity index (χ4v) is 4.16. The van der Waals surface area contributed by atoms with E-state index in [0.29, 0.717) is 19.4 Å². The molecular weight excluding hydrogens is 438 g/mol. The monoisotopic (exact) mass is 471 g/mol. The Morgan fingerprint density at radius 1 is 1.19 bits per heavy atom. The van der Waals surface area contributed by atoms with Crippen LogP contribution in [0.3, 0.4) is 0 Å². The Balaban J connectivity index is 1.90. The highest BCUT2D eigenvalue weighted by molar-refractivity contribution is 7.89. The molecule has 2 heterocycles. The number of hydrogen-bond acceptors (Lipinski definition) is 6. The molecule has 1 fully saturated rings. The Morgan fingerprint density at radius 2 is 1.84 bits per heavy atom. The van der Waals surface area contributed by atoms with Crippen LogP contribution in [0.5, 0.6) is 0 Å². The van der Waals surface area contributed by atoms with E-state index in [-0.39, 0.29) is 48.0 Å². The molecule has 1 aliphatic rings. The summed E-state index contributed by atoms with van der Waals surface area (Å²) in [6.45, 7) is 6.49. The summed E-state index contributed by atoms with van der Waals surface area (Å²) < 4.78 is 32.8. The van der Waals surface area contributed by atoms with Gasteiger partial charge in [0.05, 0.1) is 5.92 Å². The van der Waals surface area contributed by atoms with Crippen molar-refractivity contribution < 1.29 is 27.5 Å². The largest absolute Gasteiger partial charge is 0.444 e. The molecule has 1 aliphatic heterocycles. The molecule has 0 aliphatic carbocycles. The summed E-state index contributed by atoms with van der Waals surface area (Å²) in [4.78, 5) is 38.7. The number of ether oxygens (including phenoxy) is 1. The van der Waals surface area contributed by atoms with Crippen LogP contribution in [0.2, 0.25) is 0 Å². The molecule has 0 bridgehead atoms. The third kappa shape index (κ3) is 6.95. The SMILES string of the molecule is CNS(=O)(=O)c1cc(C(=O)N2CCCC(C(=O)NCCNC(=O)OC(C)(C)C)C2)n(C)c1. The highest BCUT2D eigenvalue weighted by Crippen LogP contribution is 2.21. The molecule has 32 heavy (non-hydrogen) atoms. The van der Waals surface area contributed by atoms with Crippen molar-refractivity contribution in [1.29, 1.82) is 0 Å². The van der Waals surface area contributed by atoms with E-state index in [4.69, 9.17) is 4.74 Å². The Kier molecular flexibility index (Phi) is 8.29. The predicted molar refractivity (Wildman–Crippen MR) is 118 cm³/mol. The van der Waals surface area contributed by atoms with Crippen LogP contribution < -0.4 is 15.4 Å². The van der Waals surface area contributed by atoms with Crippen LogP contribution in [0.1, 0.15) is 44.1 Å². The number of carbonyl (C=O) groups is 3. The number of rotatable bonds is 7. The quantitative estimate of drug-likeness (QED) is 0.493. The molecule has 1 aromatic heterocycles. The summed E-state index contributed by atoms with van der Waals surface area (Å²) in [5.41, 5.74) is -0.358. The van der Waals surface area contributed by atoms with Crippen molar-refractivity contribution in [1.82, 2.24) is 24.8 Å². The number of likely N-dealkylation sites (tertiary alicyclic amines) is 1. The molecule has 2 rings (SSSR count). The van der Waals surface area contributed by atoms with Crippen LogP contribution in [0.15, 0.2) is 17.2 Å². The number of nitrogens with one attached hydrogen (secondary N) is 3. The van der Waals surface area contributed by atoms with Crippen LogP contribution in [-0.2, 0) is 26.6 Å². The van der Waals surface area contributed by atoms with Crippen molar-refractivity contribution in [3.8, 4) is 0 Å². The zero-order valence-electron chi connectivity index (χ0n) is 19.2. The standard InChI is InChI=1S/C20H33N5O6S/c1-20(2,3)31-19(28)23-9-8-22-17(26)14-7-6-10-25(12-14)18(27)16-11-15(13-24(16)5)32(29,30)21-4/h11,13-14,21H,6-10,12H2,1-5H3,(H,22,26)(H,23,28). The van der Waals surface area contributed by atoms with E-state index in [1.165, 1.54) is 23.9 Å². The normalized spacial score (nSPS) is 17.0. The van der Waals surface area contributed by atoms with Gasteiger partial charge in [-0.15, -0.1) is 0 Å². The lowest BCUT2D eigenvalue weighted by molar-refractivity contribution is -0.126. The Morgan fingerprint density at radius 3 is 2.47 bits per heavy atom. The smallest absolute Gasteiger partial charge is 0.407 e. The zero-order valence-corrected chi connectivity index (χ0v) is 20.0. The van der Waals surface area contributed by atoms with Crippen LogP contribution in [0, 0.1) is 5.92 Å². The van der Waals surface area contributed by atoms with Crippen LogP contribution in [0.25, 0.3) is 0 Å². The summed E-state index contributed by atoms with van der Waals surface area (Å²) in [7, 11) is -0.751. The maximum Gasteiger partial charge on any atom is 0.407 e. The molecule has 1 saturated heterocycles.